The normalized spacial score (nSPS) is 23.7. The third kappa shape index (κ3) is 4.32. The predicted octanol–water partition coefficient (Wildman–Crippen LogP) is 3.43. The lowest BCUT2D eigenvalue weighted by Gasteiger charge is -2.36. The number of nitrogens with zero attached hydrogens (tertiary/aromatic N) is 1. The van der Waals surface area contributed by atoms with Gasteiger partial charge < -0.3 is 5.32 Å². The molecule has 0 unspecified atom stereocenters. The van der Waals surface area contributed by atoms with E-state index >= 15 is 0 Å². The van der Waals surface area contributed by atoms with Gasteiger partial charge in [0.1, 0.15) is 0 Å². The van der Waals surface area contributed by atoms with Crippen LogP contribution < -0.4 is 5.32 Å². The second-order valence-electron chi connectivity index (χ2n) is 5.61. The smallest absolute Gasteiger partial charge is 0.0236 e. The third-order valence-corrected chi connectivity index (χ3v) is 4.34. The molecule has 106 valence electrons. The molecular weight excluding hydrogens is 232 g/mol. The maximum absolute atomic E-state index is 3.59. The van der Waals surface area contributed by atoms with Crippen molar-refractivity contribution in [2.45, 2.75) is 58.2 Å². The van der Waals surface area contributed by atoms with Crippen LogP contribution >= 0.6 is 0 Å². The molecule has 1 N–H and O–H groups in total. The topological polar surface area (TPSA) is 15.3 Å². The van der Waals surface area contributed by atoms with Crippen molar-refractivity contribution in [3.63, 3.8) is 0 Å². The van der Waals surface area contributed by atoms with Gasteiger partial charge in [0.15, 0.2) is 0 Å². The van der Waals surface area contributed by atoms with E-state index in [-0.39, 0.29) is 0 Å². The Morgan fingerprint density at radius 1 is 1.05 bits per heavy atom. The van der Waals surface area contributed by atoms with Crippen molar-refractivity contribution >= 4 is 0 Å². The third-order valence-electron chi connectivity index (χ3n) is 4.34. The monoisotopic (exact) mass is 260 g/mol. The van der Waals surface area contributed by atoms with E-state index in [4.69, 9.17) is 0 Å². The fourth-order valence-corrected chi connectivity index (χ4v) is 3.25. The van der Waals surface area contributed by atoms with E-state index < -0.39 is 0 Å². The molecule has 2 rings (SSSR count). The first-order chi connectivity index (χ1) is 9.33. The van der Waals surface area contributed by atoms with E-state index in [0.29, 0.717) is 0 Å². The molecule has 1 aliphatic rings. The minimum Gasteiger partial charge on any atom is -0.314 e. The van der Waals surface area contributed by atoms with Gasteiger partial charge in [-0.3, -0.25) is 4.90 Å². The Morgan fingerprint density at radius 3 is 2.32 bits per heavy atom. The molecule has 1 aromatic rings. The number of hydrogen-bond acceptors (Lipinski definition) is 2. The first kappa shape index (κ1) is 14.5. The van der Waals surface area contributed by atoms with Crippen LogP contribution in [0.3, 0.4) is 0 Å². The van der Waals surface area contributed by atoms with Crippen molar-refractivity contribution in [1.82, 2.24) is 10.2 Å². The fraction of sp³-hybridized carbons (Fsp3) is 0.647. The van der Waals surface area contributed by atoms with E-state index in [1.165, 1.54) is 31.2 Å². The Hall–Kier alpha value is -0.860. The van der Waals surface area contributed by atoms with Gasteiger partial charge in [0.2, 0.25) is 0 Å². The highest BCUT2D eigenvalue weighted by atomic mass is 15.1. The second-order valence-corrected chi connectivity index (χ2v) is 5.61. The van der Waals surface area contributed by atoms with Crippen molar-refractivity contribution in [3.05, 3.63) is 35.9 Å². The maximum atomic E-state index is 3.59. The van der Waals surface area contributed by atoms with E-state index in [9.17, 15) is 0 Å². The zero-order valence-corrected chi connectivity index (χ0v) is 12.4. The summed E-state index contributed by atoms with van der Waals surface area (Å²) in [5, 5.41) is 3.59. The molecule has 0 atom stereocenters. The predicted molar refractivity (Wildman–Crippen MR) is 82.2 cm³/mol. The zero-order chi connectivity index (χ0) is 13.5. The van der Waals surface area contributed by atoms with Gasteiger partial charge in [-0.25, -0.2) is 0 Å². The molecule has 19 heavy (non-hydrogen) atoms. The van der Waals surface area contributed by atoms with Crippen LogP contribution in [0.25, 0.3) is 0 Å². The summed E-state index contributed by atoms with van der Waals surface area (Å²) in [5.74, 6) is 0. The molecule has 0 bridgehead atoms. The van der Waals surface area contributed by atoms with Crippen LogP contribution in [0.2, 0.25) is 0 Å². The van der Waals surface area contributed by atoms with Crippen LogP contribution in [0.15, 0.2) is 30.3 Å². The molecule has 0 aliphatic heterocycles. The van der Waals surface area contributed by atoms with Gasteiger partial charge in [-0.15, -0.1) is 0 Å². The number of hydrogen-bond donors (Lipinski definition) is 1. The van der Waals surface area contributed by atoms with Crippen molar-refractivity contribution in [3.8, 4) is 0 Å². The highest BCUT2D eigenvalue weighted by Gasteiger charge is 2.24. The largest absolute Gasteiger partial charge is 0.314 e. The SMILES string of the molecule is CCNC1CCC(N(CC)Cc2ccccc2)CC1. The van der Waals surface area contributed by atoms with Gasteiger partial charge >= 0.3 is 0 Å². The summed E-state index contributed by atoms with van der Waals surface area (Å²) in [5.41, 5.74) is 1.44. The van der Waals surface area contributed by atoms with Crippen molar-refractivity contribution in [2.75, 3.05) is 13.1 Å². The minimum atomic E-state index is 0.761. The van der Waals surface area contributed by atoms with Crippen LogP contribution in [0.5, 0.6) is 0 Å². The van der Waals surface area contributed by atoms with Gasteiger partial charge in [0, 0.05) is 18.6 Å². The Morgan fingerprint density at radius 2 is 1.74 bits per heavy atom. The first-order valence-corrected chi connectivity index (χ1v) is 7.84. The molecule has 1 saturated carbocycles. The van der Waals surface area contributed by atoms with Gasteiger partial charge in [-0.2, -0.15) is 0 Å². The van der Waals surface area contributed by atoms with E-state index in [0.717, 1.165) is 31.7 Å². The zero-order valence-electron chi connectivity index (χ0n) is 12.4. The molecule has 0 saturated heterocycles. The molecule has 0 aromatic heterocycles. The summed E-state index contributed by atoms with van der Waals surface area (Å²) in [6, 6.07) is 12.4. The molecule has 0 spiro atoms. The summed E-state index contributed by atoms with van der Waals surface area (Å²) < 4.78 is 0. The molecule has 2 nitrogen and oxygen atoms in total. The molecule has 1 aromatic carbocycles. The van der Waals surface area contributed by atoms with Gasteiger partial charge in [-0.1, -0.05) is 44.2 Å². The second kappa shape index (κ2) is 7.66. The molecular formula is C17H28N2. The van der Waals surface area contributed by atoms with Crippen molar-refractivity contribution in [2.24, 2.45) is 0 Å². The average molecular weight is 260 g/mol. The lowest BCUT2D eigenvalue weighted by Crippen LogP contribution is -2.42. The standard InChI is InChI=1S/C17H28N2/c1-3-18-16-10-12-17(13-11-16)19(4-2)14-15-8-6-5-7-9-15/h5-9,16-18H,3-4,10-14H2,1-2H3. The lowest BCUT2D eigenvalue weighted by molar-refractivity contribution is 0.143. The Balaban J connectivity index is 1.85. The number of nitrogens with one attached hydrogen (secondary N) is 1. The average Bonchev–Trinajstić information content (AvgIpc) is 2.47. The van der Waals surface area contributed by atoms with E-state index in [1.54, 1.807) is 0 Å². The highest BCUT2D eigenvalue weighted by molar-refractivity contribution is 5.14. The van der Waals surface area contributed by atoms with Crippen molar-refractivity contribution in [1.29, 1.82) is 0 Å². The summed E-state index contributed by atoms with van der Waals surface area (Å²) >= 11 is 0. The number of rotatable bonds is 6. The molecule has 1 fully saturated rings. The molecule has 1 aliphatic carbocycles. The maximum Gasteiger partial charge on any atom is 0.0236 e. The fourth-order valence-electron chi connectivity index (χ4n) is 3.25. The molecule has 0 amide bonds. The molecule has 0 heterocycles. The van der Waals surface area contributed by atoms with Crippen LogP contribution in [0.1, 0.15) is 45.1 Å². The summed E-state index contributed by atoms with van der Waals surface area (Å²) in [6.45, 7) is 7.87. The van der Waals surface area contributed by atoms with E-state index in [2.05, 4.69) is 54.4 Å². The van der Waals surface area contributed by atoms with Crippen LogP contribution in [0, 0.1) is 0 Å². The van der Waals surface area contributed by atoms with Crippen LogP contribution in [-0.2, 0) is 6.54 Å². The van der Waals surface area contributed by atoms with Gasteiger partial charge in [-0.05, 0) is 44.3 Å². The molecule has 0 radical (unpaired) electrons. The minimum absolute atomic E-state index is 0.761. The number of benzene rings is 1. The van der Waals surface area contributed by atoms with Crippen LogP contribution in [0.4, 0.5) is 0 Å². The summed E-state index contributed by atoms with van der Waals surface area (Å²) in [4.78, 5) is 2.65. The highest BCUT2D eigenvalue weighted by Crippen LogP contribution is 2.24. The first-order valence-electron chi connectivity index (χ1n) is 7.84. The Kier molecular flexibility index (Phi) is 5.87. The Bertz CT molecular complexity index is 342. The summed E-state index contributed by atoms with van der Waals surface area (Å²) in [6.07, 6.45) is 5.37. The van der Waals surface area contributed by atoms with Crippen molar-refractivity contribution < 1.29 is 0 Å². The van der Waals surface area contributed by atoms with Gasteiger partial charge in [0.05, 0.1) is 0 Å². The van der Waals surface area contributed by atoms with E-state index in [1.807, 2.05) is 0 Å². The Labute approximate surface area is 118 Å². The lowest BCUT2D eigenvalue weighted by atomic mass is 9.90. The molecule has 2 heteroatoms. The van der Waals surface area contributed by atoms with Gasteiger partial charge in [0.25, 0.3) is 0 Å². The summed E-state index contributed by atoms with van der Waals surface area (Å²) in [7, 11) is 0. The van der Waals surface area contributed by atoms with Crippen LogP contribution in [-0.4, -0.2) is 30.1 Å². The quantitative estimate of drug-likeness (QED) is 0.843.